The molecule has 2 aromatic heterocycles. The second-order valence-electron chi connectivity index (χ2n) is 4.00. The lowest BCUT2D eigenvalue weighted by Gasteiger charge is -2.07. The lowest BCUT2D eigenvalue weighted by molar-refractivity contribution is 0.415. The van der Waals surface area contributed by atoms with E-state index in [4.69, 9.17) is 4.74 Å². The van der Waals surface area contributed by atoms with Gasteiger partial charge < -0.3 is 10.1 Å². The Hall–Kier alpha value is -2.47. The summed E-state index contributed by atoms with van der Waals surface area (Å²) in [5.41, 5.74) is 4.31. The maximum atomic E-state index is 5.19. The van der Waals surface area contributed by atoms with Crippen molar-refractivity contribution in [2.75, 3.05) is 12.4 Å². The number of anilines is 2. The van der Waals surface area contributed by atoms with Gasteiger partial charge >= 0.3 is 0 Å². The fourth-order valence-corrected chi connectivity index (χ4v) is 2.28. The zero-order valence-electron chi connectivity index (χ0n) is 10.8. The van der Waals surface area contributed by atoms with Crippen molar-refractivity contribution in [3.8, 4) is 17.1 Å². The molecule has 0 spiro atoms. The summed E-state index contributed by atoms with van der Waals surface area (Å²) in [4.78, 5) is 12.9. The topological polar surface area (TPSA) is 59.9 Å². The molecule has 0 unspecified atom stereocenters. The Kier molecular flexibility index (Phi) is 3.56. The van der Waals surface area contributed by atoms with Crippen LogP contribution < -0.4 is 10.1 Å². The Balaban J connectivity index is 1.85. The van der Waals surface area contributed by atoms with Crippen LogP contribution in [-0.4, -0.2) is 22.1 Å². The van der Waals surface area contributed by atoms with Gasteiger partial charge in [0.2, 0.25) is 5.95 Å². The zero-order valence-corrected chi connectivity index (χ0v) is 11.6. The molecule has 6 heteroatoms. The van der Waals surface area contributed by atoms with Crippen LogP contribution in [-0.2, 0) is 0 Å². The average Bonchev–Trinajstić information content (AvgIpc) is 3.02. The molecular weight excluding hydrogens is 272 g/mol. The van der Waals surface area contributed by atoms with E-state index < -0.39 is 0 Å². The third-order valence-electron chi connectivity index (χ3n) is 2.68. The molecule has 1 aromatic carbocycles. The summed E-state index contributed by atoms with van der Waals surface area (Å²) in [6.45, 7) is 0. The minimum Gasteiger partial charge on any atom is -0.497 e. The van der Waals surface area contributed by atoms with Gasteiger partial charge in [-0.2, -0.15) is 0 Å². The predicted molar refractivity (Wildman–Crippen MR) is 79.4 cm³/mol. The molecule has 0 saturated heterocycles. The van der Waals surface area contributed by atoms with Crippen molar-refractivity contribution < 1.29 is 4.74 Å². The first-order valence-electron chi connectivity index (χ1n) is 5.98. The number of hydrogen-bond donors (Lipinski definition) is 1. The number of nitrogens with zero attached hydrogens (tertiary/aromatic N) is 3. The Morgan fingerprint density at radius 1 is 1.15 bits per heavy atom. The molecule has 3 aromatic rings. The number of aromatic nitrogens is 3. The Bertz CT molecular complexity index is 700. The third kappa shape index (κ3) is 2.75. The Labute approximate surface area is 120 Å². The zero-order chi connectivity index (χ0) is 13.8. The van der Waals surface area contributed by atoms with E-state index in [1.165, 1.54) is 0 Å². The molecule has 0 aliphatic rings. The monoisotopic (exact) mass is 284 g/mol. The number of ether oxygens (including phenoxy) is 1. The van der Waals surface area contributed by atoms with Crippen molar-refractivity contribution in [1.82, 2.24) is 15.0 Å². The van der Waals surface area contributed by atoms with E-state index in [0.717, 1.165) is 22.8 Å². The highest BCUT2D eigenvalue weighted by molar-refractivity contribution is 7.07. The fourth-order valence-electron chi connectivity index (χ4n) is 1.73. The molecule has 0 fully saturated rings. The number of nitrogens with one attached hydrogen (secondary N) is 1. The molecule has 0 aliphatic heterocycles. The fraction of sp³-hybridized carbons (Fsp3) is 0.0714. The van der Waals surface area contributed by atoms with Gasteiger partial charge in [0.1, 0.15) is 5.75 Å². The minimum absolute atomic E-state index is 0.531. The van der Waals surface area contributed by atoms with E-state index in [9.17, 15) is 0 Å². The van der Waals surface area contributed by atoms with Crippen LogP contribution in [0.5, 0.6) is 5.75 Å². The summed E-state index contributed by atoms with van der Waals surface area (Å²) in [5, 5.41) is 5.11. The quantitative estimate of drug-likeness (QED) is 0.796. The van der Waals surface area contributed by atoms with E-state index in [-0.39, 0.29) is 0 Å². The van der Waals surface area contributed by atoms with Crippen molar-refractivity contribution >= 4 is 23.0 Å². The van der Waals surface area contributed by atoms with Crippen LogP contribution in [0.2, 0.25) is 0 Å². The summed E-state index contributed by atoms with van der Waals surface area (Å²) < 4.78 is 5.19. The normalized spacial score (nSPS) is 10.2. The van der Waals surface area contributed by atoms with Gasteiger partial charge in [0.15, 0.2) is 0 Å². The van der Waals surface area contributed by atoms with Crippen LogP contribution in [0.15, 0.2) is 47.4 Å². The van der Waals surface area contributed by atoms with E-state index in [1.807, 2.05) is 35.7 Å². The smallest absolute Gasteiger partial charge is 0.227 e. The number of hydrogen-bond acceptors (Lipinski definition) is 6. The van der Waals surface area contributed by atoms with Crippen molar-refractivity contribution in [1.29, 1.82) is 0 Å². The van der Waals surface area contributed by atoms with Gasteiger partial charge in [-0.3, -0.25) is 0 Å². The van der Waals surface area contributed by atoms with Crippen LogP contribution >= 0.6 is 11.3 Å². The molecule has 0 bridgehead atoms. The summed E-state index contributed by atoms with van der Waals surface area (Å²) in [6.07, 6.45) is 1.71. The van der Waals surface area contributed by atoms with Gasteiger partial charge in [0, 0.05) is 23.3 Å². The van der Waals surface area contributed by atoms with Gasteiger partial charge in [-0.15, -0.1) is 11.3 Å². The van der Waals surface area contributed by atoms with Crippen LogP contribution in [0.25, 0.3) is 11.4 Å². The molecule has 0 aliphatic carbocycles. The van der Waals surface area contributed by atoms with Crippen LogP contribution in [0.3, 0.4) is 0 Å². The second kappa shape index (κ2) is 5.66. The van der Waals surface area contributed by atoms with Gasteiger partial charge in [0.05, 0.1) is 24.0 Å². The predicted octanol–water partition coefficient (Wildman–Crippen LogP) is 3.35. The van der Waals surface area contributed by atoms with Crippen LogP contribution in [0.1, 0.15) is 0 Å². The van der Waals surface area contributed by atoms with Crippen LogP contribution in [0.4, 0.5) is 11.6 Å². The molecule has 5 nitrogen and oxygen atoms in total. The molecular formula is C14H12N4OS. The molecule has 100 valence electrons. The first-order valence-corrected chi connectivity index (χ1v) is 6.92. The van der Waals surface area contributed by atoms with E-state index in [1.54, 1.807) is 30.2 Å². The maximum absolute atomic E-state index is 5.19. The summed E-state index contributed by atoms with van der Waals surface area (Å²) in [5.74, 6) is 1.31. The largest absolute Gasteiger partial charge is 0.497 e. The number of benzene rings is 1. The van der Waals surface area contributed by atoms with Crippen molar-refractivity contribution in [3.63, 3.8) is 0 Å². The van der Waals surface area contributed by atoms with E-state index >= 15 is 0 Å². The molecule has 20 heavy (non-hydrogen) atoms. The molecule has 1 N–H and O–H groups in total. The molecule has 0 atom stereocenters. The average molecular weight is 284 g/mol. The summed E-state index contributed by atoms with van der Waals surface area (Å²) in [7, 11) is 1.64. The molecule has 3 rings (SSSR count). The third-order valence-corrected chi connectivity index (χ3v) is 3.26. The number of thiazole rings is 1. The van der Waals surface area contributed by atoms with E-state index in [0.29, 0.717) is 5.95 Å². The van der Waals surface area contributed by atoms with Crippen molar-refractivity contribution in [2.24, 2.45) is 0 Å². The van der Waals surface area contributed by atoms with Crippen molar-refractivity contribution in [3.05, 3.63) is 47.4 Å². The van der Waals surface area contributed by atoms with E-state index in [2.05, 4.69) is 20.3 Å². The highest BCUT2D eigenvalue weighted by Crippen LogP contribution is 2.21. The maximum Gasteiger partial charge on any atom is 0.227 e. The SMILES string of the molecule is COc1cccc(Nc2nccc(-c3cscn3)n2)c1. The molecule has 0 radical (unpaired) electrons. The van der Waals surface area contributed by atoms with Gasteiger partial charge in [-0.1, -0.05) is 6.07 Å². The molecule has 0 amide bonds. The first-order chi connectivity index (χ1) is 9.85. The number of methoxy groups -OCH3 is 1. The number of rotatable bonds is 4. The molecule has 0 saturated carbocycles. The second-order valence-corrected chi connectivity index (χ2v) is 4.71. The van der Waals surface area contributed by atoms with Crippen LogP contribution in [0, 0.1) is 0 Å². The van der Waals surface area contributed by atoms with Gasteiger partial charge in [-0.25, -0.2) is 15.0 Å². The highest BCUT2D eigenvalue weighted by Gasteiger charge is 2.04. The summed E-state index contributed by atoms with van der Waals surface area (Å²) >= 11 is 1.54. The lowest BCUT2D eigenvalue weighted by atomic mass is 10.3. The standard InChI is InChI=1S/C14H12N4OS/c1-19-11-4-2-3-10(7-11)17-14-15-6-5-12(18-14)13-8-20-9-16-13/h2-9H,1H3,(H,15,17,18). The lowest BCUT2D eigenvalue weighted by Crippen LogP contribution is -1.98. The first kappa shape index (κ1) is 12.6. The minimum atomic E-state index is 0.531. The highest BCUT2D eigenvalue weighted by atomic mass is 32.1. The molecule has 2 heterocycles. The Morgan fingerprint density at radius 3 is 2.90 bits per heavy atom. The van der Waals surface area contributed by atoms with Gasteiger partial charge in [-0.05, 0) is 18.2 Å². The Morgan fingerprint density at radius 2 is 2.10 bits per heavy atom. The van der Waals surface area contributed by atoms with Gasteiger partial charge in [0.25, 0.3) is 0 Å². The van der Waals surface area contributed by atoms with Crippen molar-refractivity contribution in [2.45, 2.75) is 0 Å². The summed E-state index contributed by atoms with van der Waals surface area (Å²) in [6, 6.07) is 9.45.